The molecule has 20 heavy (non-hydrogen) atoms. The fourth-order valence-electron chi connectivity index (χ4n) is 6.64. The van der Waals surface area contributed by atoms with Crippen LogP contribution in [0.1, 0.15) is 72.1 Å². The average Bonchev–Trinajstić information content (AvgIpc) is 2.37. The first-order chi connectivity index (χ1) is 9.34. The summed E-state index contributed by atoms with van der Waals surface area (Å²) in [6, 6.07) is 0. The van der Waals surface area contributed by atoms with E-state index in [4.69, 9.17) is 0 Å². The molecule has 0 aromatic heterocycles. The van der Waals surface area contributed by atoms with E-state index in [-0.39, 0.29) is 5.41 Å². The Bertz CT molecular complexity index is 410. The molecule has 0 aliphatic heterocycles. The van der Waals surface area contributed by atoms with Gasteiger partial charge in [-0.2, -0.15) is 0 Å². The zero-order valence-electron chi connectivity index (χ0n) is 13.7. The normalized spacial score (nSPS) is 47.5. The zero-order chi connectivity index (χ0) is 14.6. The molecule has 1 nitrogen and oxygen atoms in total. The van der Waals surface area contributed by atoms with Crippen molar-refractivity contribution in [3.05, 3.63) is 12.2 Å². The van der Waals surface area contributed by atoms with Gasteiger partial charge in [0.05, 0.1) is 0 Å². The second kappa shape index (κ2) is 4.60. The average molecular weight is 276 g/mol. The number of hydrogen-bond acceptors (Lipinski definition) is 1. The van der Waals surface area contributed by atoms with Crippen LogP contribution in [-0.4, -0.2) is 11.7 Å². The van der Waals surface area contributed by atoms with Crippen molar-refractivity contribution in [1.29, 1.82) is 0 Å². The molecule has 4 atom stereocenters. The molecule has 0 heterocycles. The van der Waals surface area contributed by atoms with Gasteiger partial charge in [-0.25, -0.2) is 0 Å². The maximum Gasteiger partial charge on any atom is 0.0493 e. The van der Waals surface area contributed by atoms with E-state index in [0.717, 1.165) is 12.3 Å². The van der Waals surface area contributed by atoms with Crippen LogP contribution in [0.4, 0.5) is 0 Å². The summed E-state index contributed by atoms with van der Waals surface area (Å²) in [5.74, 6) is 1.56. The molecule has 0 aromatic rings. The molecule has 2 unspecified atom stereocenters. The Hall–Kier alpha value is -0.300. The predicted octanol–water partition coefficient (Wildman–Crippen LogP) is 4.95. The minimum atomic E-state index is 0.161. The van der Waals surface area contributed by atoms with Crippen molar-refractivity contribution in [3.8, 4) is 0 Å². The van der Waals surface area contributed by atoms with Crippen LogP contribution < -0.4 is 0 Å². The van der Waals surface area contributed by atoms with E-state index in [1.165, 1.54) is 50.5 Å². The highest BCUT2D eigenvalue weighted by atomic mass is 16.3. The minimum Gasteiger partial charge on any atom is -0.396 e. The van der Waals surface area contributed by atoms with Crippen LogP contribution in [0, 0.1) is 28.1 Å². The van der Waals surface area contributed by atoms with Crippen LogP contribution in [0.5, 0.6) is 0 Å². The molecule has 0 saturated heterocycles. The van der Waals surface area contributed by atoms with Gasteiger partial charge in [0.2, 0.25) is 0 Å². The summed E-state index contributed by atoms with van der Waals surface area (Å²) in [5.41, 5.74) is 2.48. The molecule has 0 radical (unpaired) electrons. The van der Waals surface area contributed by atoms with E-state index in [1.54, 1.807) is 0 Å². The number of aliphatic hydroxyl groups excluding tert-OH is 1. The van der Waals surface area contributed by atoms with Crippen molar-refractivity contribution in [1.82, 2.24) is 0 Å². The molecule has 0 amide bonds. The lowest BCUT2D eigenvalue weighted by atomic mass is 9.41. The third-order valence-electron chi connectivity index (χ3n) is 7.45. The van der Waals surface area contributed by atoms with Gasteiger partial charge in [0.25, 0.3) is 0 Å². The number of hydrogen-bond donors (Lipinski definition) is 1. The van der Waals surface area contributed by atoms with Gasteiger partial charge in [0.15, 0.2) is 0 Å². The Morgan fingerprint density at radius 1 is 1.10 bits per heavy atom. The zero-order valence-corrected chi connectivity index (χ0v) is 13.7. The Morgan fingerprint density at radius 2 is 1.85 bits per heavy atom. The minimum absolute atomic E-state index is 0.161. The van der Waals surface area contributed by atoms with Gasteiger partial charge < -0.3 is 5.11 Å². The highest BCUT2D eigenvalue weighted by Crippen LogP contribution is 2.67. The Morgan fingerprint density at radius 3 is 2.55 bits per heavy atom. The predicted molar refractivity (Wildman–Crippen MR) is 84.5 cm³/mol. The molecular formula is C19H32O. The summed E-state index contributed by atoms with van der Waals surface area (Å²) in [4.78, 5) is 0. The summed E-state index contributed by atoms with van der Waals surface area (Å²) in [5, 5.41) is 10.2. The summed E-state index contributed by atoms with van der Waals surface area (Å²) >= 11 is 0. The lowest BCUT2D eigenvalue weighted by Crippen LogP contribution is -2.57. The topological polar surface area (TPSA) is 20.2 Å². The fourth-order valence-corrected chi connectivity index (χ4v) is 6.64. The number of fused-ring (bicyclic) bond motifs is 3. The van der Waals surface area contributed by atoms with E-state index in [0.29, 0.717) is 23.4 Å². The number of rotatable bonds is 1. The summed E-state index contributed by atoms with van der Waals surface area (Å²) in [7, 11) is 0. The molecule has 114 valence electrons. The highest BCUT2D eigenvalue weighted by Gasteiger charge is 2.59. The molecule has 3 aliphatic carbocycles. The second-order valence-electron chi connectivity index (χ2n) is 8.98. The SMILES string of the molecule is C=C1CCC2[C@](CO)(CCC3C(C)(C)CCC[C@]32C)C1. The van der Waals surface area contributed by atoms with E-state index in [1.807, 2.05) is 0 Å². The van der Waals surface area contributed by atoms with Gasteiger partial charge in [-0.3, -0.25) is 0 Å². The Kier molecular flexibility index (Phi) is 3.36. The monoisotopic (exact) mass is 276 g/mol. The van der Waals surface area contributed by atoms with Gasteiger partial charge in [-0.15, -0.1) is 0 Å². The molecule has 3 aliphatic rings. The maximum atomic E-state index is 10.2. The molecule has 0 bridgehead atoms. The van der Waals surface area contributed by atoms with Crippen LogP contribution in [0.15, 0.2) is 12.2 Å². The quantitative estimate of drug-likeness (QED) is 0.672. The molecule has 1 heteroatoms. The first kappa shape index (κ1) is 14.6. The van der Waals surface area contributed by atoms with Crippen LogP contribution in [0.3, 0.4) is 0 Å². The van der Waals surface area contributed by atoms with Crippen molar-refractivity contribution in [2.24, 2.45) is 28.1 Å². The number of aliphatic hydroxyl groups is 1. The van der Waals surface area contributed by atoms with Gasteiger partial charge in [0.1, 0.15) is 0 Å². The molecule has 0 spiro atoms. The fraction of sp³-hybridized carbons (Fsp3) is 0.895. The summed E-state index contributed by atoms with van der Waals surface area (Å²) < 4.78 is 0. The van der Waals surface area contributed by atoms with Crippen molar-refractivity contribution in [2.45, 2.75) is 72.1 Å². The van der Waals surface area contributed by atoms with Crippen LogP contribution in [0.2, 0.25) is 0 Å². The van der Waals surface area contributed by atoms with Gasteiger partial charge >= 0.3 is 0 Å². The van der Waals surface area contributed by atoms with Crippen molar-refractivity contribution in [2.75, 3.05) is 6.61 Å². The van der Waals surface area contributed by atoms with E-state index < -0.39 is 0 Å². The highest BCUT2D eigenvalue weighted by molar-refractivity contribution is 5.15. The summed E-state index contributed by atoms with van der Waals surface area (Å²) in [6.07, 6.45) is 10.2. The maximum absolute atomic E-state index is 10.2. The van der Waals surface area contributed by atoms with Crippen LogP contribution >= 0.6 is 0 Å². The number of allylic oxidation sites excluding steroid dienone is 1. The third-order valence-corrected chi connectivity index (χ3v) is 7.45. The third kappa shape index (κ3) is 1.92. The standard InChI is InChI=1S/C19H32O/c1-14-6-7-16-18(4)10-5-9-17(2,3)15(18)8-11-19(16,12-14)13-20/h15-16,20H,1,5-13H2,2-4H3/t15?,16?,18-,19-/m1/s1. The Labute approximate surface area is 124 Å². The van der Waals surface area contributed by atoms with Gasteiger partial charge in [0, 0.05) is 12.0 Å². The van der Waals surface area contributed by atoms with Crippen LogP contribution in [-0.2, 0) is 0 Å². The molecule has 3 rings (SSSR count). The van der Waals surface area contributed by atoms with Crippen LogP contribution in [0.25, 0.3) is 0 Å². The van der Waals surface area contributed by atoms with Crippen molar-refractivity contribution < 1.29 is 5.11 Å². The first-order valence-corrected chi connectivity index (χ1v) is 8.62. The van der Waals surface area contributed by atoms with E-state index in [9.17, 15) is 5.11 Å². The van der Waals surface area contributed by atoms with E-state index in [2.05, 4.69) is 27.4 Å². The smallest absolute Gasteiger partial charge is 0.0493 e. The molecule has 0 aromatic carbocycles. The molecule has 1 N–H and O–H groups in total. The van der Waals surface area contributed by atoms with Crippen molar-refractivity contribution >= 4 is 0 Å². The Balaban J connectivity index is 1.99. The van der Waals surface area contributed by atoms with Crippen molar-refractivity contribution in [3.63, 3.8) is 0 Å². The van der Waals surface area contributed by atoms with E-state index >= 15 is 0 Å². The first-order valence-electron chi connectivity index (χ1n) is 8.62. The van der Waals surface area contributed by atoms with Gasteiger partial charge in [-0.05, 0) is 67.6 Å². The lowest BCUT2D eigenvalue weighted by Gasteiger charge is -2.64. The lowest BCUT2D eigenvalue weighted by molar-refractivity contribution is -0.156. The second-order valence-corrected chi connectivity index (χ2v) is 8.98. The largest absolute Gasteiger partial charge is 0.396 e. The molecular weight excluding hydrogens is 244 g/mol. The van der Waals surface area contributed by atoms with Gasteiger partial charge in [-0.1, -0.05) is 39.3 Å². The molecule has 3 saturated carbocycles. The molecule has 3 fully saturated rings. The summed E-state index contributed by atoms with van der Waals surface area (Å²) in [6.45, 7) is 12.2.